The summed E-state index contributed by atoms with van der Waals surface area (Å²) in [7, 11) is 0. The van der Waals surface area contributed by atoms with E-state index in [2.05, 4.69) is 5.32 Å². The van der Waals surface area contributed by atoms with Gasteiger partial charge >= 0.3 is 5.97 Å². The fourth-order valence-corrected chi connectivity index (χ4v) is 2.23. The predicted molar refractivity (Wildman–Crippen MR) is 93.0 cm³/mol. The molecular formula is C19H23NO3. The molecular weight excluding hydrogens is 290 g/mol. The normalized spacial score (nSPS) is 11.2. The SMILES string of the molecule is Cc1cc(OC(C)(C)C)ccc1Nc1cc(C(=O)O)ccc1C. The minimum atomic E-state index is -0.932. The van der Waals surface area contributed by atoms with E-state index < -0.39 is 5.97 Å². The number of hydrogen-bond donors (Lipinski definition) is 2. The van der Waals surface area contributed by atoms with Gasteiger partial charge in [0.2, 0.25) is 0 Å². The van der Waals surface area contributed by atoms with Crippen molar-refractivity contribution in [3.63, 3.8) is 0 Å². The first-order valence-electron chi connectivity index (χ1n) is 7.56. The van der Waals surface area contributed by atoms with Gasteiger partial charge in [0.1, 0.15) is 11.4 Å². The van der Waals surface area contributed by atoms with E-state index in [0.29, 0.717) is 0 Å². The second-order valence-corrected chi connectivity index (χ2v) is 6.65. The standard InChI is InChI=1S/C19H23NO3/c1-12-6-7-14(18(21)22)11-17(12)20-16-9-8-15(10-13(16)2)23-19(3,4)5/h6-11,20H,1-5H3,(H,21,22). The maximum atomic E-state index is 11.1. The molecule has 0 aromatic heterocycles. The highest BCUT2D eigenvalue weighted by Crippen LogP contribution is 2.28. The van der Waals surface area contributed by atoms with Crippen LogP contribution in [0.15, 0.2) is 36.4 Å². The van der Waals surface area contributed by atoms with Gasteiger partial charge in [-0.2, -0.15) is 0 Å². The van der Waals surface area contributed by atoms with Crippen LogP contribution in [0.3, 0.4) is 0 Å². The number of carboxylic acids is 1. The Morgan fingerprint density at radius 2 is 1.70 bits per heavy atom. The summed E-state index contributed by atoms with van der Waals surface area (Å²) >= 11 is 0. The van der Waals surface area contributed by atoms with Crippen LogP contribution in [-0.2, 0) is 0 Å². The van der Waals surface area contributed by atoms with Gasteiger partial charge in [-0.15, -0.1) is 0 Å². The summed E-state index contributed by atoms with van der Waals surface area (Å²) in [6, 6.07) is 10.9. The quantitative estimate of drug-likeness (QED) is 0.841. The van der Waals surface area contributed by atoms with E-state index in [0.717, 1.165) is 28.3 Å². The smallest absolute Gasteiger partial charge is 0.335 e. The van der Waals surface area contributed by atoms with Gasteiger partial charge in [-0.3, -0.25) is 0 Å². The number of benzene rings is 2. The maximum absolute atomic E-state index is 11.1. The molecule has 0 heterocycles. The fraction of sp³-hybridized carbons (Fsp3) is 0.316. The lowest BCUT2D eigenvalue weighted by atomic mass is 10.1. The lowest BCUT2D eigenvalue weighted by Crippen LogP contribution is -2.22. The van der Waals surface area contributed by atoms with Crippen LogP contribution in [0.25, 0.3) is 0 Å². The lowest BCUT2D eigenvalue weighted by molar-refractivity contribution is 0.0697. The summed E-state index contributed by atoms with van der Waals surface area (Å²) in [4.78, 5) is 11.1. The molecule has 0 aliphatic rings. The molecule has 0 radical (unpaired) electrons. The first-order valence-corrected chi connectivity index (χ1v) is 7.56. The molecule has 2 aromatic carbocycles. The molecule has 0 unspecified atom stereocenters. The minimum absolute atomic E-state index is 0.242. The molecule has 4 nitrogen and oxygen atoms in total. The third-order valence-electron chi connectivity index (χ3n) is 3.38. The van der Waals surface area contributed by atoms with Gasteiger partial charge in [-0.25, -0.2) is 4.79 Å². The van der Waals surface area contributed by atoms with Crippen LogP contribution < -0.4 is 10.1 Å². The van der Waals surface area contributed by atoms with Gasteiger partial charge in [0.15, 0.2) is 0 Å². The molecule has 23 heavy (non-hydrogen) atoms. The van der Waals surface area contributed by atoms with Gasteiger partial charge < -0.3 is 15.2 Å². The highest BCUT2D eigenvalue weighted by molar-refractivity contribution is 5.89. The summed E-state index contributed by atoms with van der Waals surface area (Å²) in [5.41, 5.74) is 3.77. The van der Waals surface area contributed by atoms with Crippen LogP contribution >= 0.6 is 0 Å². The summed E-state index contributed by atoms with van der Waals surface area (Å²) in [6.45, 7) is 9.97. The Morgan fingerprint density at radius 1 is 1.00 bits per heavy atom. The highest BCUT2D eigenvalue weighted by Gasteiger charge is 2.13. The van der Waals surface area contributed by atoms with Crippen molar-refractivity contribution in [2.75, 3.05) is 5.32 Å². The number of anilines is 2. The molecule has 0 saturated carbocycles. The fourth-order valence-electron chi connectivity index (χ4n) is 2.23. The van der Waals surface area contributed by atoms with Crippen molar-refractivity contribution in [2.24, 2.45) is 0 Å². The Bertz CT molecular complexity index is 730. The minimum Gasteiger partial charge on any atom is -0.488 e. The number of nitrogens with one attached hydrogen (secondary N) is 1. The average Bonchev–Trinajstić information content (AvgIpc) is 2.42. The highest BCUT2D eigenvalue weighted by atomic mass is 16.5. The van der Waals surface area contributed by atoms with Crippen molar-refractivity contribution in [1.29, 1.82) is 0 Å². The number of ether oxygens (including phenoxy) is 1. The molecule has 0 spiro atoms. The first kappa shape index (κ1) is 16.9. The van der Waals surface area contributed by atoms with E-state index in [1.807, 2.05) is 52.8 Å². The Labute approximate surface area is 137 Å². The molecule has 0 atom stereocenters. The van der Waals surface area contributed by atoms with Crippen molar-refractivity contribution in [1.82, 2.24) is 0 Å². The summed E-state index contributed by atoms with van der Waals surface area (Å²) in [6.07, 6.45) is 0. The Balaban J connectivity index is 2.27. The monoisotopic (exact) mass is 313 g/mol. The summed E-state index contributed by atoms with van der Waals surface area (Å²) in [5, 5.41) is 12.4. The van der Waals surface area contributed by atoms with Crippen LogP contribution in [0.4, 0.5) is 11.4 Å². The van der Waals surface area contributed by atoms with Crippen molar-refractivity contribution in [3.8, 4) is 5.75 Å². The second-order valence-electron chi connectivity index (χ2n) is 6.65. The Hall–Kier alpha value is -2.49. The molecule has 122 valence electrons. The number of carbonyl (C=O) groups is 1. The molecule has 2 N–H and O–H groups in total. The molecule has 4 heteroatoms. The van der Waals surface area contributed by atoms with Gasteiger partial charge in [-0.1, -0.05) is 6.07 Å². The van der Waals surface area contributed by atoms with Gasteiger partial charge in [-0.05, 0) is 76.1 Å². The number of carboxylic acid groups (broad SMARTS) is 1. The molecule has 0 aliphatic heterocycles. The van der Waals surface area contributed by atoms with Crippen LogP contribution in [-0.4, -0.2) is 16.7 Å². The number of hydrogen-bond acceptors (Lipinski definition) is 3. The number of aryl methyl sites for hydroxylation is 2. The molecule has 0 amide bonds. The zero-order valence-electron chi connectivity index (χ0n) is 14.2. The molecule has 2 aromatic rings. The second kappa shape index (κ2) is 6.32. The van der Waals surface area contributed by atoms with E-state index >= 15 is 0 Å². The third kappa shape index (κ3) is 4.49. The zero-order chi connectivity index (χ0) is 17.2. The topological polar surface area (TPSA) is 58.6 Å². The van der Waals surface area contributed by atoms with Crippen molar-refractivity contribution in [2.45, 2.75) is 40.2 Å². The zero-order valence-corrected chi connectivity index (χ0v) is 14.2. The average molecular weight is 313 g/mol. The molecule has 2 rings (SSSR count). The molecule has 0 aliphatic carbocycles. The van der Waals surface area contributed by atoms with E-state index in [9.17, 15) is 4.79 Å². The van der Waals surface area contributed by atoms with Crippen molar-refractivity contribution in [3.05, 3.63) is 53.1 Å². The van der Waals surface area contributed by atoms with Crippen molar-refractivity contribution < 1.29 is 14.6 Å². The predicted octanol–water partition coefficient (Wildman–Crippen LogP) is 4.92. The molecule has 0 saturated heterocycles. The number of aromatic carboxylic acids is 1. The van der Waals surface area contributed by atoms with Gasteiger partial charge in [0.05, 0.1) is 5.56 Å². The molecule has 0 fully saturated rings. The summed E-state index contributed by atoms with van der Waals surface area (Å²) < 4.78 is 5.86. The van der Waals surface area contributed by atoms with Crippen LogP contribution in [0, 0.1) is 13.8 Å². The van der Waals surface area contributed by atoms with Crippen molar-refractivity contribution >= 4 is 17.3 Å². The van der Waals surface area contributed by atoms with Crippen LogP contribution in [0.5, 0.6) is 5.75 Å². The maximum Gasteiger partial charge on any atom is 0.335 e. The number of rotatable bonds is 4. The molecule has 0 bridgehead atoms. The van der Waals surface area contributed by atoms with E-state index in [1.54, 1.807) is 18.2 Å². The van der Waals surface area contributed by atoms with E-state index in [4.69, 9.17) is 9.84 Å². The largest absolute Gasteiger partial charge is 0.488 e. The summed E-state index contributed by atoms with van der Waals surface area (Å²) in [5.74, 6) is -0.116. The lowest BCUT2D eigenvalue weighted by Gasteiger charge is -2.22. The Morgan fingerprint density at radius 3 is 2.26 bits per heavy atom. The van der Waals surface area contributed by atoms with Gasteiger partial charge in [0, 0.05) is 11.4 Å². The van der Waals surface area contributed by atoms with E-state index in [-0.39, 0.29) is 11.2 Å². The Kier molecular flexibility index (Phi) is 4.64. The van der Waals surface area contributed by atoms with Crippen LogP contribution in [0.1, 0.15) is 42.3 Å². The first-order chi connectivity index (χ1) is 10.7. The van der Waals surface area contributed by atoms with Gasteiger partial charge in [0.25, 0.3) is 0 Å². The third-order valence-corrected chi connectivity index (χ3v) is 3.38. The van der Waals surface area contributed by atoms with Crippen LogP contribution in [0.2, 0.25) is 0 Å². The van der Waals surface area contributed by atoms with E-state index in [1.165, 1.54) is 0 Å².